The number of hydrogen-bond acceptors (Lipinski definition) is 3. The van der Waals surface area contributed by atoms with Crippen molar-refractivity contribution < 1.29 is 9.18 Å². The maximum absolute atomic E-state index is 13.8. The van der Waals surface area contributed by atoms with Crippen molar-refractivity contribution >= 4 is 33.0 Å². The summed E-state index contributed by atoms with van der Waals surface area (Å²) in [6.45, 7) is 0. The molecule has 1 heterocycles. The minimum atomic E-state index is -0.766. The van der Waals surface area contributed by atoms with E-state index < -0.39 is 17.8 Å². The smallest absolute Gasteiger partial charge is 0.244 e. The van der Waals surface area contributed by atoms with Crippen LogP contribution in [0.5, 0.6) is 0 Å². The van der Waals surface area contributed by atoms with E-state index in [0.717, 1.165) is 15.6 Å². The van der Waals surface area contributed by atoms with Crippen LogP contribution in [0.15, 0.2) is 53.9 Å². The molecule has 3 N–H and O–H groups in total. The maximum Gasteiger partial charge on any atom is 0.244 e. The average molecular weight is 300 g/mol. The average Bonchev–Trinajstić information content (AvgIpc) is 2.90. The Labute approximate surface area is 125 Å². The number of fused-ring (bicyclic) bond motifs is 1. The Kier molecular flexibility index (Phi) is 3.58. The van der Waals surface area contributed by atoms with Gasteiger partial charge in [0.1, 0.15) is 11.9 Å². The minimum Gasteiger partial charge on any atom is -0.368 e. The second-order valence-corrected chi connectivity index (χ2v) is 5.56. The lowest BCUT2D eigenvalue weighted by atomic mass is 10.0. The fraction of sp³-hybridized carbons (Fsp3) is 0.0625. The van der Waals surface area contributed by atoms with Crippen LogP contribution in [0.1, 0.15) is 11.6 Å². The molecule has 3 rings (SSSR count). The van der Waals surface area contributed by atoms with Crippen LogP contribution in [0.4, 0.5) is 10.1 Å². The van der Waals surface area contributed by atoms with E-state index in [2.05, 4.69) is 5.32 Å². The molecule has 0 spiro atoms. The van der Waals surface area contributed by atoms with E-state index in [-0.39, 0.29) is 5.69 Å². The van der Waals surface area contributed by atoms with E-state index in [1.807, 2.05) is 29.6 Å². The topological polar surface area (TPSA) is 55.1 Å². The molecule has 1 amide bonds. The fourth-order valence-corrected chi connectivity index (χ4v) is 3.24. The van der Waals surface area contributed by atoms with E-state index in [1.165, 1.54) is 17.4 Å². The number of rotatable bonds is 4. The number of carbonyl (C=O) groups is 1. The van der Waals surface area contributed by atoms with E-state index >= 15 is 0 Å². The highest BCUT2D eigenvalue weighted by Gasteiger charge is 2.22. The van der Waals surface area contributed by atoms with Crippen LogP contribution in [0.25, 0.3) is 10.1 Å². The number of hydrogen-bond donors (Lipinski definition) is 2. The Morgan fingerprint density at radius 2 is 1.86 bits per heavy atom. The van der Waals surface area contributed by atoms with Gasteiger partial charge in [0.2, 0.25) is 5.91 Å². The summed E-state index contributed by atoms with van der Waals surface area (Å²) >= 11 is 1.53. The summed E-state index contributed by atoms with van der Waals surface area (Å²) in [4.78, 5) is 11.8. The third-order valence-electron chi connectivity index (χ3n) is 3.28. The molecule has 1 aromatic heterocycles. The van der Waals surface area contributed by atoms with Crippen LogP contribution < -0.4 is 11.1 Å². The molecule has 0 aliphatic rings. The predicted molar refractivity (Wildman–Crippen MR) is 83.8 cm³/mol. The van der Waals surface area contributed by atoms with Crippen molar-refractivity contribution in [3.05, 3.63) is 65.3 Å². The van der Waals surface area contributed by atoms with E-state index in [4.69, 9.17) is 5.73 Å². The number of anilines is 1. The van der Waals surface area contributed by atoms with Crippen molar-refractivity contribution in [3.63, 3.8) is 0 Å². The van der Waals surface area contributed by atoms with Crippen LogP contribution in [-0.2, 0) is 4.79 Å². The van der Waals surface area contributed by atoms with Crippen molar-refractivity contribution in [1.82, 2.24) is 0 Å². The van der Waals surface area contributed by atoms with Gasteiger partial charge in [-0.25, -0.2) is 4.39 Å². The molecule has 3 nitrogen and oxygen atoms in total. The molecule has 21 heavy (non-hydrogen) atoms. The van der Waals surface area contributed by atoms with Gasteiger partial charge in [0.15, 0.2) is 0 Å². The molecule has 0 aliphatic heterocycles. The first-order chi connectivity index (χ1) is 10.2. The molecule has 0 saturated heterocycles. The molecule has 106 valence electrons. The number of amides is 1. The van der Waals surface area contributed by atoms with Crippen molar-refractivity contribution in [2.75, 3.05) is 5.32 Å². The normalized spacial score (nSPS) is 12.2. The van der Waals surface area contributed by atoms with Gasteiger partial charge in [0.25, 0.3) is 0 Å². The second-order valence-electron chi connectivity index (χ2n) is 4.65. The number of nitrogens with two attached hydrogens (primary N) is 1. The summed E-state index contributed by atoms with van der Waals surface area (Å²) in [5.74, 6) is -0.954. The Morgan fingerprint density at radius 1 is 1.14 bits per heavy atom. The van der Waals surface area contributed by atoms with Crippen LogP contribution in [0, 0.1) is 5.82 Å². The van der Waals surface area contributed by atoms with E-state index in [9.17, 15) is 9.18 Å². The molecule has 5 heteroatoms. The second kappa shape index (κ2) is 5.54. The number of primary amides is 1. The number of nitrogens with one attached hydrogen (secondary N) is 1. The maximum atomic E-state index is 13.8. The standard InChI is InChI=1S/C16H13FN2OS/c17-12-6-2-3-7-13(12)19-15(16(18)20)11-9-21-14-8-4-1-5-10(11)14/h1-9,15,19H,(H2,18,20). The van der Waals surface area contributed by atoms with Crippen LogP contribution in [0.3, 0.4) is 0 Å². The molecule has 1 atom stereocenters. The van der Waals surface area contributed by atoms with Gasteiger partial charge in [-0.3, -0.25) is 4.79 Å². The third kappa shape index (κ3) is 2.60. The van der Waals surface area contributed by atoms with E-state index in [0.29, 0.717) is 0 Å². The summed E-state index contributed by atoms with van der Waals surface area (Å²) in [5.41, 5.74) is 6.53. The number of carbonyl (C=O) groups excluding carboxylic acids is 1. The zero-order chi connectivity index (χ0) is 14.8. The molecule has 0 saturated carbocycles. The first-order valence-electron chi connectivity index (χ1n) is 6.43. The fourth-order valence-electron chi connectivity index (χ4n) is 2.26. The van der Waals surface area contributed by atoms with Gasteiger partial charge in [-0.2, -0.15) is 0 Å². The lowest BCUT2D eigenvalue weighted by Gasteiger charge is -2.17. The molecule has 0 bridgehead atoms. The van der Waals surface area contributed by atoms with Crippen molar-refractivity contribution in [2.24, 2.45) is 5.73 Å². The molecule has 0 fully saturated rings. The van der Waals surface area contributed by atoms with Gasteiger partial charge in [0.05, 0.1) is 5.69 Å². The first kappa shape index (κ1) is 13.6. The SMILES string of the molecule is NC(=O)C(Nc1ccccc1F)c1csc2ccccc12. The molecule has 1 unspecified atom stereocenters. The van der Waals surface area contributed by atoms with Gasteiger partial charge in [0, 0.05) is 10.3 Å². The van der Waals surface area contributed by atoms with Crippen molar-refractivity contribution in [1.29, 1.82) is 0 Å². The summed E-state index contributed by atoms with van der Waals surface area (Å²) in [7, 11) is 0. The predicted octanol–water partition coefficient (Wildman–Crippen LogP) is 3.68. The van der Waals surface area contributed by atoms with Crippen LogP contribution >= 0.6 is 11.3 Å². The molecular weight excluding hydrogens is 287 g/mol. The molecule has 0 radical (unpaired) electrons. The Bertz CT molecular complexity index is 800. The summed E-state index contributed by atoms with van der Waals surface area (Å²) in [5, 5.41) is 5.74. The van der Waals surface area contributed by atoms with Gasteiger partial charge in [-0.1, -0.05) is 30.3 Å². The number of benzene rings is 2. The minimum absolute atomic E-state index is 0.261. The highest BCUT2D eigenvalue weighted by molar-refractivity contribution is 7.17. The largest absolute Gasteiger partial charge is 0.368 e. The van der Waals surface area contributed by atoms with Gasteiger partial charge in [-0.05, 0) is 29.0 Å². The zero-order valence-electron chi connectivity index (χ0n) is 11.0. The lowest BCUT2D eigenvalue weighted by Crippen LogP contribution is -2.27. The number of halogens is 1. The quantitative estimate of drug-likeness (QED) is 0.772. The van der Waals surface area contributed by atoms with Crippen LogP contribution in [0.2, 0.25) is 0 Å². The van der Waals surface area contributed by atoms with Crippen molar-refractivity contribution in [3.8, 4) is 0 Å². The zero-order valence-corrected chi connectivity index (χ0v) is 11.9. The van der Waals surface area contributed by atoms with Gasteiger partial charge < -0.3 is 11.1 Å². The first-order valence-corrected chi connectivity index (χ1v) is 7.31. The summed E-state index contributed by atoms with van der Waals surface area (Å²) in [6, 6.07) is 13.2. The lowest BCUT2D eigenvalue weighted by molar-refractivity contribution is -0.118. The molecule has 0 aliphatic carbocycles. The highest BCUT2D eigenvalue weighted by atomic mass is 32.1. The van der Waals surface area contributed by atoms with Gasteiger partial charge in [-0.15, -0.1) is 11.3 Å². The summed E-state index contributed by atoms with van der Waals surface area (Å²) in [6.07, 6.45) is 0. The van der Waals surface area contributed by atoms with E-state index in [1.54, 1.807) is 18.2 Å². The van der Waals surface area contributed by atoms with Crippen molar-refractivity contribution in [2.45, 2.75) is 6.04 Å². The molecule has 3 aromatic rings. The Morgan fingerprint density at radius 3 is 2.62 bits per heavy atom. The number of thiophene rings is 1. The molecule has 2 aromatic carbocycles. The Hall–Kier alpha value is -2.40. The van der Waals surface area contributed by atoms with Gasteiger partial charge >= 0.3 is 0 Å². The van der Waals surface area contributed by atoms with Crippen LogP contribution in [-0.4, -0.2) is 5.91 Å². The number of para-hydroxylation sites is 1. The molecular formula is C16H13FN2OS. The Balaban J connectivity index is 2.03. The summed E-state index contributed by atoms with van der Waals surface area (Å²) < 4.78 is 14.8. The monoisotopic (exact) mass is 300 g/mol. The third-order valence-corrected chi connectivity index (χ3v) is 4.26. The highest BCUT2D eigenvalue weighted by Crippen LogP contribution is 2.32.